The maximum absolute atomic E-state index is 12.6. The third-order valence-corrected chi connectivity index (χ3v) is 4.67. The van der Waals surface area contributed by atoms with E-state index in [4.69, 9.17) is 4.74 Å². The van der Waals surface area contributed by atoms with E-state index in [1.54, 1.807) is 29.2 Å². The van der Waals surface area contributed by atoms with Gasteiger partial charge in [0.2, 0.25) is 11.8 Å². The quantitative estimate of drug-likeness (QED) is 0.778. The zero-order chi connectivity index (χ0) is 20.1. The summed E-state index contributed by atoms with van der Waals surface area (Å²) in [5, 5.41) is 2.82. The summed E-state index contributed by atoms with van der Waals surface area (Å²) in [5.74, 6) is -1.06. The van der Waals surface area contributed by atoms with Gasteiger partial charge in [-0.3, -0.25) is 9.59 Å². The molecule has 0 bridgehead atoms. The summed E-state index contributed by atoms with van der Waals surface area (Å²) in [6.07, 6.45) is 0.945. The molecular formula is C22H24N2O4. The zero-order valence-corrected chi connectivity index (χ0v) is 16.1. The minimum atomic E-state index is -0.414. The number of carbonyl (C=O) groups is 3. The van der Waals surface area contributed by atoms with Gasteiger partial charge in [0, 0.05) is 24.3 Å². The van der Waals surface area contributed by atoms with Gasteiger partial charge in [0.25, 0.3) is 0 Å². The van der Waals surface area contributed by atoms with Crippen LogP contribution in [-0.4, -0.2) is 30.9 Å². The molecule has 0 saturated carbocycles. The largest absolute Gasteiger partial charge is 0.462 e. The van der Waals surface area contributed by atoms with Crippen molar-refractivity contribution in [2.45, 2.75) is 26.7 Å². The lowest BCUT2D eigenvalue weighted by atomic mass is 10.1. The maximum Gasteiger partial charge on any atom is 0.338 e. The van der Waals surface area contributed by atoms with Crippen LogP contribution in [0, 0.1) is 12.8 Å². The minimum Gasteiger partial charge on any atom is -0.462 e. The van der Waals surface area contributed by atoms with Crippen molar-refractivity contribution in [2.24, 2.45) is 5.92 Å². The Bertz CT molecular complexity index is 859. The van der Waals surface area contributed by atoms with E-state index < -0.39 is 5.92 Å². The summed E-state index contributed by atoms with van der Waals surface area (Å²) in [7, 11) is 0. The lowest BCUT2D eigenvalue weighted by Gasteiger charge is -2.17. The van der Waals surface area contributed by atoms with Gasteiger partial charge in [-0.15, -0.1) is 0 Å². The average molecular weight is 380 g/mol. The van der Waals surface area contributed by atoms with Crippen molar-refractivity contribution in [3.05, 3.63) is 59.7 Å². The monoisotopic (exact) mass is 380 g/mol. The van der Waals surface area contributed by atoms with Gasteiger partial charge in [-0.1, -0.05) is 24.6 Å². The summed E-state index contributed by atoms with van der Waals surface area (Å²) < 4.78 is 5.08. The number of hydrogen-bond donors (Lipinski definition) is 1. The van der Waals surface area contributed by atoms with Crippen molar-refractivity contribution in [1.82, 2.24) is 0 Å². The number of nitrogens with one attached hydrogen (secondary N) is 1. The summed E-state index contributed by atoms with van der Waals surface area (Å²) in [5.41, 5.74) is 2.94. The van der Waals surface area contributed by atoms with E-state index in [1.165, 1.54) is 0 Å². The molecule has 1 fully saturated rings. The first kappa shape index (κ1) is 19.6. The Labute approximate surface area is 164 Å². The highest BCUT2D eigenvalue weighted by Crippen LogP contribution is 2.26. The van der Waals surface area contributed by atoms with Crippen molar-refractivity contribution >= 4 is 29.2 Å². The standard InChI is InChI=1S/C22H24N2O4/c1-3-12-28-22(27)16-6-8-18(9-7-16)23-21(26)17-13-20(25)24(14-17)19-10-4-15(2)5-11-19/h4-11,17H,3,12-14H2,1-2H3,(H,23,26)/t17-/m0/s1. The number of hydrogen-bond acceptors (Lipinski definition) is 4. The fraction of sp³-hybridized carbons (Fsp3) is 0.318. The number of nitrogens with zero attached hydrogens (tertiary/aromatic N) is 1. The second kappa shape index (κ2) is 8.69. The van der Waals surface area contributed by atoms with Crippen LogP contribution in [-0.2, 0) is 14.3 Å². The molecule has 0 aliphatic carbocycles. The number of benzene rings is 2. The highest BCUT2D eigenvalue weighted by molar-refractivity contribution is 6.03. The number of rotatable bonds is 6. The first-order valence-corrected chi connectivity index (χ1v) is 9.43. The number of aryl methyl sites for hydroxylation is 1. The summed E-state index contributed by atoms with van der Waals surface area (Å²) in [6, 6.07) is 14.2. The summed E-state index contributed by atoms with van der Waals surface area (Å²) >= 11 is 0. The summed E-state index contributed by atoms with van der Waals surface area (Å²) in [6.45, 7) is 4.65. The van der Waals surface area contributed by atoms with Crippen LogP contribution in [0.3, 0.4) is 0 Å². The van der Waals surface area contributed by atoms with Gasteiger partial charge in [0.1, 0.15) is 0 Å². The van der Waals surface area contributed by atoms with Crippen molar-refractivity contribution in [3.8, 4) is 0 Å². The number of esters is 1. The highest BCUT2D eigenvalue weighted by atomic mass is 16.5. The Morgan fingerprint density at radius 2 is 1.79 bits per heavy atom. The van der Waals surface area contributed by atoms with Crippen LogP contribution in [0.2, 0.25) is 0 Å². The minimum absolute atomic E-state index is 0.0574. The highest BCUT2D eigenvalue weighted by Gasteiger charge is 2.35. The van der Waals surface area contributed by atoms with Crippen molar-refractivity contribution in [3.63, 3.8) is 0 Å². The molecule has 1 N–H and O–H groups in total. The van der Waals surface area contributed by atoms with Gasteiger partial charge in [0.15, 0.2) is 0 Å². The predicted molar refractivity (Wildman–Crippen MR) is 107 cm³/mol. The third kappa shape index (κ3) is 4.57. The zero-order valence-electron chi connectivity index (χ0n) is 16.1. The lowest BCUT2D eigenvalue weighted by molar-refractivity contribution is -0.122. The molecule has 0 unspecified atom stereocenters. The Morgan fingerprint density at radius 3 is 2.43 bits per heavy atom. The average Bonchev–Trinajstić information content (AvgIpc) is 3.09. The van der Waals surface area contributed by atoms with Gasteiger partial charge in [-0.25, -0.2) is 4.79 Å². The maximum atomic E-state index is 12.6. The van der Waals surface area contributed by atoms with Crippen LogP contribution in [0.15, 0.2) is 48.5 Å². The molecule has 0 spiro atoms. The smallest absolute Gasteiger partial charge is 0.338 e. The Hall–Kier alpha value is -3.15. The Morgan fingerprint density at radius 1 is 1.11 bits per heavy atom. The van der Waals surface area contributed by atoms with Crippen LogP contribution in [0.1, 0.15) is 35.7 Å². The first-order chi connectivity index (χ1) is 13.5. The normalized spacial score (nSPS) is 16.1. The predicted octanol–water partition coefficient (Wildman–Crippen LogP) is 3.55. The number of carbonyl (C=O) groups excluding carboxylic acids is 3. The van der Waals surface area contributed by atoms with Crippen molar-refractivity contribution < 1.29 is 19.1 Å². The van der Waals surface area contributed by atoms with E-state index in [0.717, 1.165) is 17.7 Å². The van der Waals surface area contributed by atoms with Gasteiger partial charge in [0.05, 0.1) is 18.1 Å². The third-order valence-electron chi connectivity index (χ3n) is 4.67. The second-order valence-electron chi connectivity index (χ2n) is 6.94. The van der Waals surface area contributed by atoms with Crippen molar-refractivity contribution in [1.29, 1.82) is 0 Å². The van der Waals surface area contributed by atoms with E-state index in [9.17, 15) is 14.4 Å². The number of amides is 2. The van der Waals surface area contributed by atoms with Gasteiger partial charge in [-0.2, -0.15) is 0 Å². The molecule has 3 rings (SSSR count). The fourth-order valence-electron chi connectivity index (χ4n) is 3.07. The fourth-order valence-corrected chi connectivity index (χ4v) is 3.07. The SMILES string of the molecule is CCCOC(=O)c1ccc(NC(=O)[C@H]2CC(=O)N(c3ccc(C)cc3)C2)cc1. The molecule has 1 aliphatic heterocycles. The number of anilines is 2. The molecule has 0 radical (unpaired) electrons. The molecule has 1 atom stereocenters. The van der Waals surface area contributed by atoms with E-state index in [2.05, 4.69) is 5.32 Å². The molecule has 1 saturated heterocycles. The molecule has 0 aromatic heterocycles. The molecule has 1 aliphatic rings. The topological polar surface area (TPSA) is 75.7 Å². The number of ether oxygens (including phenoxy) is 1. The Balaban J connectivity index is 1.60. The first-order valence-electron chi connectivity index (χ1n) is 9.43. The second-order valence-corrected chi connectivity index (χ2v) is 6.94. The van der Waals surface area contributed by atoms with Crippen molar-refractivity contribution in [2.75, 3.05) is 23.4 Å². The van der Waals surface area contributed by atoms with E-state index in [-0.39, 0.29) is 24.2 Å². The lowest BCUT2D eigenvalue weighted by Crippen LogP contribution is -2.28. The van der Waals surface area contributed by atoms with Crippen LogP contribution in [0.25, 0.3) is 0 Å². The molecule has 2 aromatic carbocycles. The van der Waals surface area contributed by atoms with E-state index in [1.807, 2.05) is 38.1 Å². The van der Waals surface area contributed by atoms with Crippen LogP contribution in [0.5, 0.6) is 0 Å². The molecule has 28 heavy (non-hydrogen) atoms. The Kier molecular flexibility index (Phi) is 6.09. The van der Waals surface area contributed by atoms with Gasteiger partial charge < -0.3 is 15.0 Å². The molecular weight excluding hydrogens is 356 g/mol. The van der Waals surface area contributed by atoms with Crippen LogP contribution in [0.4, 0.5) is 11.4 Å². The van der Waals surface area contributed by atoms with E-state index in [0.29, 0.717) is 24.4 Å². The van der Waals surface area contributed by atoms with Crippen LogP contribution < -0.4 is 10.2 Å². The molecule has 2 aromatic rings. The summed E-state index contributed by atoms with van der Waals surface area (Å²) in [4.78, 5) is 38.4. The molecule has 6 nitrogen and oxygen atoms in total. The van der Waals surface area contributed by atoms with Gasteiger partial charge >= 0.3 is 5.97 Å². The molecule has 146 valence electrons. The van der Waals surface area contributed by atoms with Gasteiger partial charge in [-0.05, 0) is 49.7 Å². The molecule has 2 amide bonds. The van der Waals surface area contributed by atoms with E-state index >= 15 is 0 Å². The van der Waals surface area contributed by atoms with Crippen LogP contribution >= 0.6 is 0 Å². The molecule has 1 heterocycles. The molecule has 6 heteroatoms.